The van der Waals surface area contributed by atoms with Crippen molar-refractivity contribution in [2.75, 3.05) is 5.32 Å². The Labute approximate surface area is 194 Å². The van der Waals surface area contributed by atoms with Crippen molar-refractivity contribution in [3.63, 3.8) is 0 Å². The number of hydrogen-bond acceptors (Lipinski definition) is 6. The summed E-state index contributed by atoms with van der Waals surface area (Å²) in [5.41, 5.74) is 4.02. The molecular formula is C24H21N7OS. The maximum Gasteiger partial charge on any atom is 0.240 e. The van der Waals surface area contributed by atoms with Crippen LogP contribution in [0.15, 0.2) is 78.3 Å². The van der Waals surface area contributed by atoms with Gasteiger partial charge in [0.2, 0.25) is 11.9 Å². The molecule has 9 heteroatoms. The molecule has 33 heavy (non-hydrogen) atoms. The van der Waals surface area contributed by atoms with E-state index in [9.17, 15) is 4.79 Å². The third-order valence-corrected chi connectivity index (χ3v) is 6.22. The Morgan fingerprint density at radius 3 is 2.70 bits per heavy atom. The van der Waals surface area contributed by atoms with E-state index in [2.05, 4.69) is 42.6 Å². The van der Waals surface area contributed by atoms with Gasteiger partial charge in [0.25, 0.3) is 0 Å². The van der Waals surface area contributed by atoms with Crippen molar-refractivity contribution in [2.24, 2.45) is 0 Å². The van der Waals surface area contributed by atoms with Crippen LogP contribution >= 0.6 is 11.8 Å². The van der Waals surface area contributed by atoms with Crippen LogP contribution in [0.4, 0.5) is 5.95 Å². The van der Waals surface area contributed by atoms with Crippen LogP contribution in [0.3, 0.4) is 0 Å². The molecule has 0 spiro atoms. The highest BCUT2D eigenvalue weighted by molar-refractivity contribution is 8.00. The summed E-state index contributed by atoms with van der Waals surface area (Å²) in [6.45, 7) is 3.87. The number of rotatable bonds is 6. The normalized spacial score (nSPS) is 12.1. The summed E-state index contributed by atoms with van der Waals surface area (Å²) in [7, 11) is 0. The number of amides is 1. The largest absolute Gasteiger partial charge is 0.360 e. The molecule has 1 atom stereocenters. The lowest BCUT2D eigenvalue weighted by Crippen LogP contribution is -2.24. The molecule has 3 aromatic heterocycles. The Morgan fingerprint density at radius 1 is 1.06 bits per heavy atom. The Balaban J connectivity index is 1.53. The molecule has 2 aromatic carbocycles. The number of aromatic nitrogens is 6. The maximum atomic E-state index is 12.8. The molecule has 3 heterocycles. The molecule has 0 aliphatic rings. The van der Waals surface area contributed by atoms with E-state index in [0.717, 1.165) is 27.7 Å². The number of aryl methyl sites for hydroxylation is 1. The zero-order valence-electron chi connectivity index (χ0n) is 18.1. The monoisotopic (exact) mass is 455 g/mol. The number of H-pyrrole nitrogens is 1. The zero-order chi connectivity index (χ0) is 22.8. The minimum absolute atomic E-state index is 0.210. The minimum atomic E-state index is -0.447. The smallest absolute Gasteiger partial charge is 0.240 e. The van der Waals surface area contributed by atoms with Gasteiger partial charge in [0.05, 0.1) is 5.25 Å². The van der Waals surface area contributed by atoms with E-state index in [1.165, 1.54) is 11.8 Å². The second-order valence-corrected chi connectivity index (χ2v) is 8.86. The first-order chi connectivity index (χ1) is 16.1. The molecule has 0 aliphatic heterocycles. The van der Waals surface area contributed by atoms with Crippen molar-refractivity contribution < 1.29 is 4.79 Å². The maximum absolute atomic E-state index is 12.8. The summed E-state index contributed by atoms with van der Waals surface area (Å²) in [4.78, 5) is 24.2. The first kappa shape index (κ1) is 20.9. The van der Waals surface area contributed by atoms with Gasteiger partial charge in [-0.3, -0.25) is 14.7 Å². The van der Waals surface area contributed by atoms with Crippen molar-refractivity contribution in [3.8, 4) is 17.1 Å². The van der Waals surface area contributed by atoms with Gasteiger partial charge in [0.1, 0.15) is 0 Å². The fraction of sp³-hybridized carbons (Fsp3) is 0.125. The summed E-state index contributed by atoms with van der Waals surface area (Å²) < 4.78 is 2.00. The number of nitrogens with zero attached hydrogens (tertiary/aromatic N) is 5. The number of fused-ring (bicyclic) bond motifs is 1. The van der Waals surface area contributed by atoms with E-state index >= 15 is 0 Å². The summed E-state index contributed by atoms with van der Waals surface area (Å²) in [5.74, 6) is 0.771. The van der Waals surface area contributed by atoms with Gasteiger partial charge >= 0.3 is 0 Å². The standard InChI is InChI=1S/C24H21N7OS/c1-15-7-5-8-17(13-15)31-21(19-14-27-20-10-4-3-9-18(19)20)29-30-24(31)33-16(2)22(32)28-23-25-11-6-12-26-23/h3-14,16,27H,1-2H3,(H,25,26,28,32). The summed E-state index contributed by atoms with van der Waals surface area (Å²) in [6, 6.07) is 17.9. The molecule has 0 saturated heterocycles. The zero-order valence-corrected chi connectivity index (χ0v) is 18.9. The lowest BCUT2D eigenvalue weighted by molar-refractivity contribution is -0.115. The summed E-state index contributed by atoms with van der Waals surface area (Å²) >= 11 is 1.33. The van der Waals surface area contributed by atoms with Gasteiger partial charge in [-0.05, 0) is 43.7 Å². The fourth-order valence-corrected chi connectivity index (χ4v) is 4.43. The molecule has 5 aromatic rings. The Bertz CT molecular complexity index is 1430. The van der Waals surface area contributed by atoms with E-state index in [-0.39, 0.29) is 11.9 Å². The molecule has 8 nitrogen and oxygen atoms in total. The fourth-order valence-electron chi connectivity index (χ4n) is 3.56. The van der Waals surface area contributed by atoms with Gasteiger partial charge in [0.15, 0.2) is 11.0 Å². The van der Waals surface area contributed by atoms with Crippen molar-refractivity contribution in [1.29, 1.82) is 0 Å². The van der Waals surface area contributed by atoms with Gasteiger partial charge in [-0.25, -0.2) is 9.97 Å². The number of benzene rings is 2. The second-order valence-electron chi connectivity index (χ2n) is 7.55. The second kappa shape index (κ2) is 8.87. The molecule has 0 fully saturated rings. The first-order valence-electron chi connectivity index (χ1n) is 10.4. The van der Waals surface area contributed by atoms with Crippen LogP contribution in [-0.2, 0) is 4.79 Å². The van der Waals surface area contributed by atoms with Crippen LogP contribution in [0.1, 0.15) is 12.5 Å². The average Bonchev–Trinajstić information content (AvgIpc) is 3.43. The third kappa shape index (κ3) is 4.22. The first-order valence-corrected chi connectivity index (χ1v) is 11.3. The highest BCUT2D eigenvalue weighted by Gasteiger charge is 2.23. The van der Waals surface area contributed by atoms with E-state index in [0.29, 0.717) is 11.0 Å². The molecule has 2 N–H and O–H groups in total. The van der Waals surface area contributed by atoms with Gasteiger partial charge in [-0.2, -0.15) is 0 Å². The third-order valence-electron chi connectivity index (χ3n) is 5.18. The van der Waals surface area contributed by atoms with Gasteiger partial charge in [-0.15, -0.1) is 10.2 Å². The Kier molecular flexibility index (Phi) is 5.62. The Hall–Kier alpha value is -3.98. The van der Waals surface area contributed by atoms with Crippen molar-refractivity contribution in [1.82, 2.24) is 29.7 Å². The number of anilines is 1. The molecule has 0 aliphatic carbocycles. The number of aromatic amines is 1. The molecule has 0 saturated carbocycles. The average molecular weight is 456 g/mol. The van der Waals surface area contributed by atoms with Crippen LogP contribution in [0.25, 0.3) is 28.0 Å². The number of carbonyl (C=O) groups is 1. The number of thioether (sulfide) groups is 1. The SMILES string of the molecule is Cc1cccc(-n2c(SC(C)C(=O)Nc3ncccn3)nnc2-c2c[nH]c3ccccc23)c1. The van der Waals surface area contributed by atoms with Crippen LogP contribution in [0.5, 0.6) is 0 Å². The van der Waals surface area contributed by atoms with Crippen LogP contribution in [-0.4, -0.2) is 40.9 Å². The lowest BCUT2D eigenvalue weighted by atomic mass is 10.1. The van der Waals surface area contributed by atoms with E-state index in [1.54, 1.807) is 18.5 Å². The lowest BCUT2D eigenvalue weighted by Gasteiger charge is -2.14. The topological polar surface area (TPSA) is 101 Å². The van der Waals surface area contributed by atoms with Gasteiger partial charge in [0, 0.05) is 40.7 Å². The predicted molar refractivity (Wildman–Crippen MR) is 129 cm³/mol. The number of nitrogens with one attached hydrogen (secondary N) is 2. The minimum Gasteiger partial charge on any atom is -0.360 e. The van der Waals surface area contributed by atoms with Crippen molar-refractivity contribution in [3.05, 3.63) is 78.8 Å². The highest BCUT2D eigenvalue weighted by atomic mass is 32.2. The molecule has 0 radical (unpaired) electrons. The van der Waals surface area contributed by atoms with E-state index in [1.807, 2.05) is 61.0 Å². The van der Waals surface area contributed by atoms with E-state index in [4.69, 9.17) is 0 Å². The van der Waals surface area contributed by atoms with E-state index < -0.39 is 5.25 Å². The van der Waals surface area contributed by atoms with Crippen molar-refractivity contribution in [2.45, 2.75) is 24.3 Å². The van der Waals surface area contributed by atoms with Gasteiger partial charge < -0.3 is 4.98 Å². The molecule has 5 rings (SSSR count). The Morgan fingerprint density at radius 2 is 1.88 bits per heavy atom. The molecule has 1 amide bonds. The van der Waals surface area contributed by atoms with Gasteiger partial charge in [-0.1, -0.05) is 42.1 Å². The molecule has 1 unspecified atom stereocenters. The summed E-state index contributed by atoms with van der Waals surface area (Å²) in [5, 5.41) is 13.0. The highest BCUT2D eigenvalue weighted by Crippen LogP contribution is 2.34. The quantitative estimate of drug-likeness (QED) is 0.362. The number of hydrogen-bond donors (Lipinski definition) is 2. The van der Waals surface area contributed by atoms with Crippen molar-refractivity contribution >= 4 is 34.5 Å². The predicted octanol–water partition coefficient (Wildman–Crippen LogP) is 4.63. The van der Waals surface area contributed by atoms with Crippen LogP contribution in [0, 0.1) is 6.92 Å². The van der Waals surface area contributed by atoms with Crippen LogP contribution < -0.4 is 5.32 Å². The molecule has 0 bridgehead atoms. The number of carbonyl (C=O) groups excluding carboxylic acids is 1. The molecule has 164 valence electrons. The summed E-state index contributed by atoms with van der Waals surface area (Å²) in [6.07, 6.45) is 5.11. The van der Waals surface area contributed by atoms with Crippen LogP contribution in [0.2, 0.25) is 0 Å². The number of para-hydroxylation sites is 1. The molecular weight excluding hydrogens is 434 g/mol.